The minimum absolute atomic E-state index is 0.126. The maximum absolute atomic E-state index is 13.5. The highest BCUT2D eigenvalue weighted by molar-refractivity contribution is 14.1. The van der Waals surface area contributed by atoms with E-state index in [-0.39, 0.29) is 17.6 Å². The van der Waals surface area contributed by atoms with E-state index in [2.05, 4.69) is 80.1 Å². The summed E-state index contributed by atoms with van der Waals surface area (Å²) in [6.45, 7) is 4.19. The molecule has 3 aromatic rings. The van der Waals surface area contributed by atoms with Crippen molar-refractivity contribution in [3.05, 3.63) is 63.7 Å². The fraction of sp³-hybridized carbons (Fsp3) is 0.400. The van der Waals surface area contributed by atoms with Gasteiger partial charge >= 0.3 is 0 Å². The van der Waals surface area contributed by atoms with Crippen molar-refractivity contribution in [3.8, 4) is 5.75 Å². The molecule has 0 amide bonds. The van der Waals surface area contributed by atoms with Crippen LogP contribution >= 0.6 is 61.1 Å². The van der Waals surface area contributed by atoms with Gasteiger partial charge in [-0.25, -0.2) is 4.98 Å². The molecular formula is C25H26BrI2N3O2. The van der Waals surface area contributed by atoms with Crippen LogP contribution in [0.2, 0.25) is 0 Å². The van der Waals surface area contributed by atoms with Crippen molar-refractivity contribution in [2.45, 2.75) is 64.4 Å². The molecular weight excluding hydrogens is 708 g/mol. The Hall–Kier alpha value is -1.01. The number of hydrogen-bond donors (Lipinski definition) is 0. The van der Waals surface area contributed by atoms with Crippen LogP contribution in [0.5, 0.6) is 5.75 Å². The van der Waals surface area contributed by atoms with Crippen LogP contribution in [-0.4, -0.2) is 22.0 Å². The zero-order valence-corrected chi connectivity index (χ0v) is 24.6. The average Bonchev–Trinajstić information content (AvgIpc) is 2.81. The van der Waals surface area contributed by atoms with Crippen LogP contribution in [-0.2, 0) is 0 Å². The molecule has 4 rings (SSSR count). The van der Waals surface area contributed by atoms with Gasteiger partial charge in [-0.15, -0.1) is 0 Å². The number of nitrogens with zero attached hydrogens (tertiary/aromatic N) is 3. The second-order valence-electron chi connectivity index (χ2n) is 8.48. The summed E-state index contributed by atoms with van der Waals surface area (Å²) < 4.78 is 10.5. The summed E-state index contributed by atoms with van der Waals surface area (Å²) >= 11 is 8.08. The first-order valence-corrected chi connectivity index (χ1v) is 14.2. The summed E-state index contributed by atoms with van der Waals surface area (Å²) in [6.07, 6.45) is 8.53. The van der Waals surface area contributed by atoms with Crippen molar-refractivity contribution in [1.29, 1.82) is 0 Å². The Morgan fingerprint density at radius 3 is 2.58 bits per heavy atom. The van der Waals surface area contributed by atoms with Gasteiger partial charge in [0.15, 0.2) is 0 Å². The van der Waals surface area contributed by atoms with E-state index < -0.39 is 0 Å². The molecule has 1 atom stereocenters. The predicted molar refractivity (Wildman–Crippen MR) is 155 cm³/mol. The number of rotatable bonds is 6. The third-order valence-electron chi connectivity index (χ3n) is 6.04. The van der Waals surface area contributed by atoms with E-state index in [1.54, 1.807) is 6.21 Å². The molecule has 33 heavy (non-hydrogen) atoms. The third kappa shape index (κ3) is 5.80. The molecule has 1 aliphatic rings. The van der Waals surface area contributed by atoms with Crippen LogP contribution in [0.25, 0.3) is 10.9 Å². The van der Waals surface area contributed by atoms with Crippen LogP contribution < -0.4 is 10.3 Å². The van der Waals surface area contributed by atoms with Crippen LogP contribution in [0.15, 0.2) is 44.7 Å². The van der Waals surface area contributed by atoms with E-state index in [0.717, 1.165) is 66.4 Å². The van der Waals surface area contributed by atoms with Gasteiger partial charge in [0.25, 0.3) is 5.56 Å². The molecule has 0 radical (unpaired) electrons. The number of hydrogen-bond acceptors (Lipinski definition) is 4. The Morgan fingerprint density at radius 1 is 1.21 bits per heavy atom. The number of aromatic nitrogens is 2. The van der Waals surface area contributed by atoms with Gasteiger partial charge in [-0.2, -0.15) is 9.78 Å². The van der Waals surface area contributed by atoms with E-state index in [0.29, 0.717) is 5.39 Å². The Bertz CT molecular complexity index is 1230. The van der Waals surface area contributed by atoms with Crippen LogP contribution in [0.3, 0.4) is 0 Å². The fourth-order valence-electron chi connectivity index (χ4n) is 4.08. The maximum atomic E-state index is 13.5. The van der Waals surface area contributed by atoms with Gasteiger partial charge in [0.2, 0.25) is 0 Å². The summed E-state index contributed by atoms with van der Waals surface area (Å²) in [4.78, 5) is 18.4. The van der Waals surface area contributed by atoms with Crippen LogP contribution in [0.4, 0.5) is 0 Å². The van der Waals surface area contributed by atoms with Gasteiger partial charge in [-0.1, -0.05) is 42.1 Å². The van der Waals surface area contributed by atoms with Crippen LogP contribution in [0, 0.1) is 7.14 Å². The molecule has 1 fully saturated rings. The SMILES string of the molecule is CC[C@@H](C)Oc1c(I)cc(C=Nn2c(C3CCCCC3)nc3ccc(Br)cc3c2=O)cc1I. The minimum Gasteiger partial charge on any atom is -0.489 e. The largest absolute Gasteiger partial charge is 0.489 e. The zero-order chi connectivity index (χ0) is 23.5. The maximum Gasteiger partial charge on any atom is 0.282 e. The third-order valence-corrected chi connectivity index (χ3v) is 8.14. The quantitative estimate of drug-likeness (QED) is 0.195. The molecule has 174 valence electrons. The van der Waals surface area contributed by atoms with Crippen molar-refractivity contribution in [1.82, 2.24) is 9.66 Å². The molecule has 1 aliphatic carbocycles. The van der Waals surface area contributed by atoms with Gasteiger partial charge in [0.1, 0.15) is 11.6 Å². The van der Waals surface area contributed by atoms with E-state index in [1.165, 1.54) is 11.1 Å². The molecule has 0 bridgehead atoms. The zero-order valence-electron chi connectivity index (χ0n) is 18.7. The Labute approximate surface area is 229 Å². The lowest BCUT2D eigenvalue weighted by atomic mass is 9.88. The lowest BCUT2D eigenvalue weighted by Crippen LogP contribution is -2.25. The van der Waals surface area contributed by atoms with E-state index in [1.807, 2.05) is 30.3 Å². The molecule has 1 heterocycles. The summed E-state index contributed by atoms with van der Waals surface area (Å²) in [6, 6.07) is 9.75. The first kappa shape index (κ1) is 25.1. The Balaban J connectivity index is 1.77. The molecule has 0 spiro atoms. The molecule has 2 aromatic carbocycles. The second-order valence-corrected chi connectivity index (χ2v) is 11.7. The number of ether oxygens (including phenoxy) is 1. The highest BCUT2D eigenvalue weighted by Gasteiger charge is 2.22. The summed E-state index contributed by atoms with van der Waals surface area (Å²) in [7, 11) is 0. The van der Waals surface area contributed by atoms with Crippen LogP contribution in [0.1, 0.15) is 69.7 Å². The number of fused-ring (bicyclic) bond motifs is 1. The molecule has 0 aliphatic heterocycles. The first-order valence-electron chi connectivity index (χ1n) is 11.3. The monoisotopic (exact) mass is 733 g/mol. The average molecular weight is 734 g/mol. The van der Waals surface area contributed by atoms with Gasteiger partial charge in [0.05, 0.1) is 30.4 Å². The van der Waals surface area contributed by atoms with E-state index in [4.69, 9.17) is 9.72 Å². The molecule has 1 saturated carbocycles. The van der Waals surface area contributed by atoms with Crippen molar-refractivity contribution >= 4 is 78.2 Å². The molecule has 0 N–H and O–H groups in total. The van der Waals surface area contributed by atoms with E-state index >= 15 is 0 Å². The highest BCUT2D eigenvalue weighted by Crippen LogP contribution is 2.32. The van der Waals surface area contributed by atoms with Crippen molar-refractivity contribution in [3.63, 3.8) is 0 Å². The Kier molecular flexibility index (Phi) is 8.48. The summed E-state index contributed by atoms with van der Waals surface area (Å²) in [5.74, 6) is 1.93. The number of benzene rings is 2. The smallest absolute Gasteiger partial charge is 0.282 e. The molecule has 0 saturated heterocycles. The van der Waals surface area contributed by atoms with E-state index in [9.17, 15) is 4.79 Å². The fourth-order valence-corrected chi connectivity index (χ4v) is 6.51. The summed E-state index contributed by atoms with van der Waals surface area (Å²) in [5.41, 5.74) is 1.53. The Morgan fingerprint density at radius 2 is 1.91 bits per heavy atom. The lowest BCUT2D eigenvalue weighted by Gasteiger charge is -2.22. The van der Waals surface area contributed by atoms with Crippen molar-refractivity contribution < 1.29 is 4.74 Å². The van der Waals surface area contributed by atoms with Gasteiger partial charge in [-0.05, 0) is 107 Å². The predicted octanol–water partition coefficient (Wildman–Crippen LogP) is 7.48. The normalized spacial score (nSPS) is 15.9. The summed E-state index contributed by atoms with van der Waals surface area (Å²) in [5, 5.41) is 5.25. The van der Waals surface area contributed by atoms with Crippen molar-refractivity contribution in [2.75, 3.05) is 0 Å². The lowest BCUT2D eigenvalue weighted by molar-refractivity contribution is 0.214. The second kappa shape index (κ2) is 11.2. The standard InChI is InChI=1S/C25H26BrI2N3O2/c1-3-15(2)33-23-20(27)11-16(12-21(23)28)14-29-31-24(17-7-5-4-6-8-17)30-22-10-9-18(26)13-19(22)25(31)32/h9-15,17H,3-8H2,1-2H3/t15-/m1/s1. The highest BCUT2D eigenvalue weighted by atomic mass is 127. The van der Waals surface area contributed by atoms with Crippen molar-refractivity contribution in [2.24, 2.45) is 5.10 Å². The minimum atomic E-state index is -0.126. The topological polar surface area (TPSA) is 56.5 Å². The first-order chi connectivity index (χ1) is 15.9. The molecule has 8 heteroatoms. The molecule has 5 nitrogen and oxygen atoms in total. The molecule has 0 unspecified atom stereocenters. The van der Waals surface area contributed by atoms with Gasteiger partial charge < -0.3 is 4.74 Å². The van der Waals surface area contributed by atoms with Gasteiger partial charge in [-0.3, -0.25) is 4.79 Å². The van der Waals surface area contributed by atoms with Gasteiger partial charge in [0, 0.05) is 10.4 Å². The number of halogens is 3. The molecule has 1 aromatic heterocycles.